The Bertz CT molecular complexity index is 252. The number of carbonyl (C=O) groups is 1. The highest BCUT2D eigenvalue weighted by Gasteiger charge is 2.39. The Hall–Kier alpha value is -0.570. The van der Waals surface area contributed by atoms with Crippen molar-refractivity contribution in [1.82, 2.24) is 10.2 Å². The van der Waals surface area contributed by atoms with Crippen molar-refractivity contribution in [3.05, 3.63) is 0 Å². The van der Waals surface area contributed by atoms with E-state index in [0.717, 1.165) is 5.92 Å². The van der Waals surface area contributed by atoms with Gasteiger partial charge in [-0.1, -0.05) is 20.8 Å². The molecule has 0 radical (unpaired) electrons. The Labute approximate surface area is 92.2 Å². The fraction of sp³-hybridized carbons (Fsp3) is 0.917. The summed E-state index contributed by atoms with van der Waals surface area (Å²) < 4.78 is 0. The molecule has 1 amide bonds. The quantitative estimate of drug-likeness (QED) is 0.750. The van der Waals surface area contributed by atoms with Crippen LogP contribution in [0.15, 0.2) is 0 Å². The highest BCUT2D eigenvalue weighted by molar-refractivity contribution is 5.81. The zero-order valence-electron chi connectivity index (χ0n) is 9.99. The molecular weight excluding hydrogens is 188 g/mol. The van der Waals surface area contributed by atoms with Gasteiger partial charge in [-0.2, -0.15) is 0 Å². The van der Waals surface area contributed by atoms with Crippen molar-refractivity contribution >= 4 is 5.91 Å². The minimum Gasteiger partial charge on any atom is -0.323 e. The van der Waals surface area contributed by atoms with Gasteiger partial charge >= 0.3 is 0 Å². The molecule has 3 atom stereocenters. The summed E-state index contributed by atoms with van der Waals surface area (Å²) in [5.41, 5.74) is 0. The van der Waals surface area contributed by atoms with Crippen LogP contribution in [0.2, 0.25) is 0 Å². The van der Waals surface area contributed by atoms with E-state index in [4.69, 9.17) is 0 Å². The Morgan fingerprint density at radius 1 is 1.40 bits per heavy atom. The van der Waals surface area contributed by atoms with Gasteiger partial charge in [-0.15, -0.1) is 0 Å². The highest BCUT2D eigenvalue weighted by Crippen LogP contribution is 2.32. The zero-order valence-corrected chi connectivity index (χ0v) is 9.99. The summed E-state index contributed by atoms with van der Waals surface area (Å²) in [5, 5.41) is 3.32. The third kappa shape index (κ3) is 2.03. The van der Waals surface area contributed by atoms with E-state index in [2.05, 4.69) is 31.0 Å². The fourth-order valence-corrected chi connectivity index (χ4v) is 2.95. The molecule has 1 heterocycles. The maximum atomic E-state index is 11.8. The summed E-state index contributed by atoms with van der Waals surface area (Å²) in [4.78, 5) is 14.0. The minimum atomic E-state index is 0.271. The van der Waals surface area contributed by atoms with Gasteiger partial charge in [-0.25, -0.2) is 0 Å². The average molecular weight is 210 g/mol. The van der Waals surface area contributed by atoms with Crippen molar-refractivity contribution in [1.29, 1.82) is 0 Å². The highest BCUT2D eigenvalue weighted by atomic mass is 16.2. The van der Waals surface area contributed by atoms with Crippen LogP contribution in [0.1, 0.15) is 40.0 Å². The second-order valence-corrected chi connectivity index (χ2v) is 5.44. The van der Waals surface area contributed by atoms with E-state index in [1.54, 1.807) is 0 Å². The number of nitrogens with zero attached hydrogens (tertiary/aromatic N) is 1. The molecule has 2 fully saturated rings. The molecule has 0 bridgehead atoms. The van der Waals surface area contributed by atoms with Crippen LogP contribution >= 0.6 is 0 Å². The molecule has 86 valence electrons. The van der Waals surface area contributed by atoms with E-state index in [0.29, 0.717) is 24.4 Å². The van der Waals surface area contributed by atoms with E-state index >= 15 is 0 Å². The van der Waals surface area contributed by atoms with Crippen molar-refractivity contribution < 1.29 is 4.79 Å². The predicted octanol–water partition coefficient (Wildman–Crippen LogP) is 1.59. The Morgan fingerprint density at radius 3 is 2.67 bits per heavy atom. The molecule has 0 aromatic heterocycles. The largest absolute Gasteiger partial charge is 0.323 e. The average Bonchev–Trinajstić information content (AvgIpc) is 2.71. The van der Waals surface area contributed by atoms with E-state index < -0.39 is 0 Å². The summed E-state index contributed by atoms with van der Waals surface area (Å²) in [6, 6.07) is 0.495. The van der Waals surface area contributed by atoms with E-state index in [9.17, 15) is 4.79 Å². The summed E-state index contributed by atoms with van der Waals surface area (Å²) in [7, 11) is 0. The molecule has 1 N–H and O–H groups in total. The van der Waals surface area contributed by atoms with Crippen molar-refractivity contribution in [2.75, 3.05) is 6.54 Å². The minimum absolute atomic E-state index is 0.271. The van der Waals surface area contributed by atoms with E-state index in [1.807, 2.05) is 0 Å². The van der Waals surface area contributed by atoms with E-state index in [-0.39, 0.29) is 6.17 Å². The molecule has 3 unspecified atom stereocenters. The van der Waals surface area contributed by atoms with Crippen LogP contribution in [-0.2, 0) is 4.79 Å². The molecule has 1 aliphatic heterocycles. The number of hydrogen-bond donors (Lipinski definition) is 1. The Kier molecular flexibility index (Phi) is 3.01. The molecule has 0 aromatic rings. The number of hydrogen-bond acceptors (Lipinski definition) is 2. The molecular formula is C12H22N2O. The molecule has 1 saturated heterocycles. The topological polar surface area (TPSA) is 32.3 Å². The summed E-state index contributed by atoms with van der Waals surface area (Å²) >= 11 is 0. The first kappa shape index (κ1) is 10.9. The van der Waals surface area contributed by atoms with Crippen molar-refractivity contribution in [3.63, 3.8) is 0 Å². The molecule has 3 nitrogen and oxygen atoms in total. The van der Waals surface area contributed by atoms with Gasteiger partial charge in [0, 0.05) is 6.04 Å². The van der Waals surface area contributed by atoms with Crippen LogP contribution in [0.25, 0.3) is 0 Å². The Morgan fingerprint density at radius 2 is 2.13 bits per heavy atom. The monoisotopic (exact) mass is 210 g/mol. The maximum absolute atomic E-state index is 11.8. The molecule has 3 heteroatoms. The van der Waals surface area contributed by atoms with Gasteiger partial charge < -0.3 is 4.90 Å². The molecule has 2 rings (SSSR count). The lowest BCUT2D eigenvalue weighted by Crippen LogP contribution is -2.46. The second-order valence-electron chi connectivity index (χ2n) is 5.44. The van der Waals surface area contributed by atoms with Crippen LogP contribution in [0.4, 0.5) is 0 Å². The van der Waals surface area contributed by atoms with Crippen LogP contribution in [0.3, 0.4) is 0 Å². The molecule has 1 aliphatic carbocycles. The molecule has 0 spiro atoms. The van der Waals surface area contributed by atoms with Crippen molar-refractivity contribution in [2.45, 2.75) is 52.2 Å². The summed E-state index contributed by atoms with van der Waals surface area (Å²) in [6.07, 6.45) is 3.93. The standard InChI is InChI=1S/C12H22N2O/c1-8(2)12-13-7-11(15)14(12)10-5-4-9(3)6-10/h8-10,12-13H,4-7H2,1-3H3. The van der Waals surface area contributed by atoms with Crippen LogP contribution < -0.4 is 5.32 Å². The van der Waals surface area contributed by atoms with Crippen LogP contribution in [-0.4, -0.2) is 29.6 Å². The maximum Gasteiger partial charge on any atom is 0.238 e. The lowest BCUT2D eigenvalue weighted by Gasteiger charge is -2.32. The Balaban J connectivity index is 2.07. The lowest BCUT2D eigenvalue weighted by atomic mass is 10.1. The zero-order chi connectivity index (χ0) is 11.0. The summed E-state index contributed by atoms with van der Waals surface area (Å²) in [5.74, 6) is 1.59. The molecule has 0 aromatic carbocycles. The third-order valence-electron chi connectivity index (χ3n) is 3.74. The number of rotatable bonds is 2. The first-order valence-electron chi connectivity index (χ1n) is 6.14. The number of carbonyl (C=O) groups excluding carboxylic acids is 1. The van der Waals surface area contributed by atoms with Gasteiger partial charge in [-0.05, 0) is 31.1 Å². The van der Waals surface area contributed by atoms with Gasteiger partial charge in [0.2, 0.25) is 5.91 Å². The molecule has 2 aliphatic rings. The van der Waals surface area contributed by atoms with Gasteiger partial charge in [-0.3, -0.25) is 10.1 Å². The van der Waals surface area contributed by atoms with Gasteiger partial charge in [0.1, 0.15) is 0 Å². The van der Waals surface area contributed by atoms with Gasteiger partial charge in [0.25, 0.3) is 0 Å². The fourth-order valence-electron chi connectivity index (χ4n) is 2.95. The smallest absolute Gasteiger partial charge is 0.238 e. The SMILES string of the molecule is CC1CCC(N2C(=O)CNC2C(C)C)C1. The van der Waals surface area contributed by atoms with Gasteiger partial charge in [0.15, 0.2) is 0 Å². The summed E-state index contributed by atoms with van der Waals surface area (Å²) in [6.45, 7) is 7.19. The molecule has 15 heavy (non-hydrogen) atoms. The lowest BCUT2D eigenvalue weighted by molar-refractivity contribution is -0.130. The first-order chi connectivity index (χ1) is 7.09. The number of nitrogens with one attached hydrogen (secondary N) is 1. The first-order valence-corrected chi connectivity index (χ1v) is 6.14. The molecule has 1 saturated carbocycles. The van der Waals surface area contributed by atoms with Crippen LogP contribution in [0, 0.1) is 11.8 Å². The second kappa shape index (κ2) is 4.12. The van der Waals surface area contributed by atoms with Gasteiger partial charge in [0.05, 0.1) is 12.7 Å². The van der Waals surface area contributed by atoms with Crippen LogP contribution in [0.5, 0.6) is 0 Å². The van der Waals surface area contributed by atoms with Crippen molar-refractivity contribution in [3.8, 4) is 0 Å². The predicted molar refractivity (Wildman–Crippen MR) is 60.3 cm³/mol. The van der Waals surface area contributed by atoms with E-state index in [1.165, 1.54) is 19.3 Å². The van der Waals surface area contributed by atoms with Crippen molar-refractivity contribution in [2.24, 2.45) is 11.8 Å². The third-order valence-corrected chi connectivity index (χ3v) is 3.74. The number of amides is 1. The normalized spacial score (nSPS) is 36.9.